The van der Waals surface area contributed by atoms with Crippen LogP contribution >= 0.6 is 0 Å². The highest BCUT2D eigenvalue weighted by Crippen LogP contribution is 2.30. The molecule has 0 unspecified atom stereocenters. The molecule has 2 rings (SSSR count). The maximum atomic E-state index is 12.7. The predicted molar refractivity (Wildman–Crippen MR) is 83.6 cm³/mol. The lowest BCUT2D eigenvalue weighted by atomic mass is 10.0. The number of rotatable bonds is 5. The second kappa shape index (κ2) is 7.12. The van der Waals surface area contributed by atoms with Crippen LogP contribution in [-0.4, -0.2) is 35.3 Å². The fraction of sp³-hybridized carbons (Fsp3) is 0.438. The number of nitrogens with one attached hydrogen (secondary N) is 2. The molecule has 1 aliphatic heterocycles. The van der Waals surface area contributed by atoms with Crippen LogP contribution in [0.4, 0.5) is 23.7 Å². The molecule has 1 saturated heterocycles. The van der Waals surface area contributed by atoms with Crippen molar-refractivity contribution in [3.8, 4) is 0 Å². The second-order valence-corrected chi connectivity index (χ2v) is 6.18. The van der Waals surface area contributed by atoms with Crippen LogP contribution in [0.5, 0.6) is 0 Å². The lowest BCUT2D eigenvalue weighted by Crippen LogP contribution is -2.38. The SMILES string of the molecule is CC(C)C[C@@H]1NC(=O)N(CC(=O)Nc2cccc(C(F)(F)F)c2)C1=O. The average molecular weight is 357 g/mol. The molecule has 2 N–H and O–H groups in total. The summed E-state index contributed by atoms with van der Waals surface area (Å²) in [5, 5.41) is 4.76. The number of alkyl halides is 3. The lowest BCUT2D eigenvalue weighted by Gasteiger charge is -2.14. The second-order valence-electron chi connectivity index (χ2n) is 6.18. The van der Waals surface area contributed by atoms with Crippen molar-refractivity contribution in [1.29, 1.82) is 0 Å². The minimum absolute atomic E-state index is 0.0643. The van der Waals surface area contributed by atoms with Crippen molar-refractivity contribution in [2.75, 3.05) is 11.9 Å². The van der Waals surface area contributed by atoms with Gasteiger partial charge in [-0.2, -0.15) is 13.2 Å². The molecule has 1 aromatic rings. The molecule has 1 fully saturated rings. The third-order valence-electron chi connectivity index (χ3n) is 3.59. The van der Waals surface area contributed by atoms with Crippen LogP contribution in [-0.2, 0) is 15.8 Å². The van der Waals surface area contributed by atoms with E-state index in [0.29, 0.717) is 6.42 Å². The molecule has 1 atom stereocenters. The maximum Gasteiger partial charge on any atom is 0.416 e. The Bertz CT molecular complexity index is 689. The maximum absolute atomic E-state index is 12.7. The summed E-state index contributed by atoms with van der Waals surface area (Å²) in [6.45, 7) is 3.22. The van der Waals surface area contributed by atoms with Crippen molar-refractivity contribution >= 4 is 23.5 Å². The van der Waals surface area contributed by atoms with Crippen molar-refractivity contribution in [3.05, 3.63) is 29.8 Å². The van der Waals surface area contributed by atoms with E-state index in [1.807, 2.05) is 13.8 Å². The van der Waals surface area contributed by atoms with Crippen LogP contribution < -0.4 is 10.6 Å². The van der Waals surface area contributed by atoms with Crippen LogP contribution in [0.3, 0.4) is 0 Å². The first-order chi connectivity index (χ1) is 11.6. The largest absolute Gasteiger partial charge is 0.416 e. The predicted octanol–water partition coefficient (Wildman–Crippen LogP) is 2.61. The van der Waals surface area contributed by atoms with E-state index in [4.69, 9.17) is 0 Å². The van der Waals surface area contributed by atoms with Crippen molar-refractivity contribution in [3.63, 3.8) is 0 Å². The minimum Gasteiger partial charge on any atom is -0.326 e. The van der Waals surface area contributed by atoms with Crippen molar-refractivity contribution in [2.24, 2.45) is 5.92 Å². The summed E-state index contributed by atoms with van der Waals surface area (Å²) in [5.74, 6) is -1.10. The Morgan fingerprint density at radius 2 is 2.00 bits per heavy atom. The van der Waals surface area contributed by atoms with Gasteiger partial charge in [0.05, 0.1) is 5.56 Å². The van der Waals surface area contributed by atoms with Gasteiger partial charge in [-0.05, 0) is 30.5 Å². The number of nitrogens with zero attached hydrogens (tertiary/aromatic N) is 1. The first kappa shape index (κ1) is 18.8. The first-order valence-corrected chi connectivity index (χ1v) is 7.67. The fourth-order valence-electron chi connectivity index (χ4n) is 2.48. The summed E-state index contributed by atoms with van der Waals surface area (Å²) >= 11 is 0. The molecule has 0 saturated carbocycles. The van der Waals surface area contributed by atoms with E-state index in [1.54, 1.807) is 0 Å². The zero-order chi connectivity index (χ0) is 18.8. The molecule has 0 aromatic heterocycles. The van der Waals surface area contributed by atoms with E-state index >= 15 is 0 Å². The number of imide groups is 1. The lowest BCUT2D eigenvalue weighted by molar-refractivity contribution is -0.137. The van der Waals surface area contributed by atoms with Crippen LogP contribution in [0.2, 0.25) is 0 Å². The minimum atomic E-state index is -4.53. The van der Waals surface area contributed by atoms with Gasteiger partial charge in [-0.25, -0.2) is 4.79 Å². The van der Waals surface area contributed by atoms with Crippen LogP contribution in [0.1, 0.15) is 25.8 Å². The quantitative estimate of drug-likeness (QED) is 0.795. The molecule has 0 aliphatic carbocycles. The molecule has 1 aliphatic rings. The smallest absolute Gasteiger partial charge is 0.326 e. The molecule has 0 radical (unpaired) electrons. The summed E-state index contributed by atoms with van der Waals surface area (Å²) in [6, 6.07) is 2.74. The summed E-state index contributed by atoms with van der Waals surface area (Å²) < 4.78 is 38.0. The van der Waals surface area contributed by atoms with Gasteiger partial charge < -0.3 is 10.6 Å². The standard InChI is InChI=1S/C16H18F3N3O3/c1-9(2)6-12-14(24)22(15(25)21-12)8-13(23)20-11-5-3-4-10(7-11)16(17,18)19/h3-5,7,9,12H,6,8H2,1-2H3,(H,20,23)(H,21,25)/t12-/m0/s1. The molecule has 9 heteroatoms. The number of benzene rings is 1. The van der Waals surface area contributed by atoms with E-state index < -0.39 is 42.2 Å². The Hall–Kier alpha value is -2.58. The number of halogens is 3. The normalized spacial score (nSPS) is 17.8. The average Bonchev–Trinajstić information content (AvgIpc) is 2.73. The number of hydrogen-bond acceptors (Lipinski definition) is 3. The summed E-state index contributed by atoms with van der Waals surface area (Å²) in [6.07, 6.45) is -4.09. The van der Waals surface area contributed by atoms with Crippen molar-refractivity contribution in [1.82, 2.24) is 10.2 Å². The Labute approximate surface area is 142 Å². The molecular formula is C16H18F3N3O3. The number of carbonyl (C=O) groups excluding carboxylic acids is 3. The Kier molecular flexibility index (Phi) is 5.34. The fourth-order valence-corrected chi connectivity index (χ4v) is 2.48. The molecule has 1 heterocycles. The van der Waals surface area contributed by atoms with E-state index in [0.717, 1.165) is 23.1 Å². The van der Waals surface area contributed by atoms with E-state index in [1.165, 1.54) is 6.07 Å². The zero-order valence-electron chi connectivity index (χ0n) is 13.7. The number of urea groups is 1. The van der Waals surface area contributed by atoms with Gasteiger partial charge in [0.2, 0.25) is 5.91 Å². The summed E-state index contributed by atoms with van der Waals surface area (Å²) in [4.78, 5) is 36.7. The van der Waals surface area contributed by atoms with E-state index in [9.17, 15) is 27.6 Å². The Balaban J connectivity index is 2.01. The molecule has 6 nitrogen and oxygen atoms in total. The van der Waals surface area contributed by atoms with Gasteiger partial charge in [0.25, 0.3) is 5.91 Å². The van der Waals surface area contributed by atoms with Gasteiger partial charge in [-0.3, -0.25) is 14.5 Å². The van der Waals surface area contributed by atoms with Crippen molar-refractivity contribution < 1.29 is 27.6 Å². The molecular weight excluding hydrogens is 339 g/mol. The number of anilines is 1. The highest BCUT2D eigenvalue weighted by Gasteiger charge is 2.39. The Morgan fingerprint density at radius 3 is 2.60 bits per heavy atom. The van der Waals surface area contributed by atoms with Crippen molar-refractivity contribution in [2.45, 2.75) is 32.5 Å². The molecule has 0 spiro atoms. The summed E-state index contributed by atoms with van der Waals surface area (Å²) in [5.41, 5.74) is -0.970. The molecule has 25 heavy (non-hydrogen) atoms. The number of hydrogen-bond donors (Lipinski definition) is 2. The highest BCUT2D eigenvalue weighted by atomic mass is 19.4. The summed E-state index contributed by atoms with van der Waals surface area (Å²) in [7, 11) is 0. The Morgan fingerprint density at radius 1 is 1.32 bits per heavy atom. The topological polar surface area (TPSA) is 78.5 Å². The van der Waals surface area contributed by atoms with Crippen LogP contribution in [0.15, 0.2) is 24.3 Å². The molecule has 1 aromatic carbocycles. The van der Waals surface area contributed by atoms with Crippen LogP contribution in [0, 0.1) is 5.92 Å². The molecule has 136 valence electrons. The highest BCUT2D eigenvalue weighted by molar-refractivity contribution is 6.07. The van der Waals surface area contributed by atoms with E-state index in [-0.39, 0.29) is 11.6 Å². The first-order valence-electron chi connectivity index (χ1n) is 7.67. The molecule has 0 bridgehead atoms. The van der Waals surface area contributed by atoms with Crippen LogP contribution in [0.25, 0.3) is 0 Å². The molecule has 4 amide bonds. The van der Waals surface area contributed by atoms with Gasteiger partial charge >= 0.3 is 12.2 Å². The number of amides is 4. The monoisotopic (exact) mass is 357 g/mol. The van der Waals surface area contributed by atoms with Gasteiger partial charge in [-0.15, -0.1) is 0 Å². The van der Waals surface area contributed by atoms with Gasteiger partial charge in [-0.1, -0.05) is 19.9 Å². The third kappa shape index (κ3) is 4.71. The van der Waals surface area contributed by atoms with Gasteiger partial charge in [0.15, 0.2) is 0 Å². The number of carbonyl (C=O) groups is 3. The zero-order valence-corrected chi connectivity index (χ0v) is 13.7. The van der Waals surface area contributed by atoms with E-state index in [2.05, 4.69) is 10.6 Å². The van der Waals surface area contributed by atoms with Gasteiger partial charge in [0.1, 0.15) is 12.6 Å². The third-order valence-corrected chi connectivity index (χ3v) is 3.59. The van der Waals surface area contributed by atoms with Gasteiger partial charge in [0, 0.05) is 5.69 Å².